The van der Waals surface area contributed by atoms with Crippen LogP contribution < -0.4 is 0 Å². The van der Waals surface area contributed by atoms with Crippen molar-refractivity contribution in [3.05, 3.63) is 226 Å². The molecule has 0 N–H and O–H groups in total. The predicted molar refractivity (Wildman–Crippen MR) is 207 cm³/mol. The highest BCUT2D eigenvalue weighted by atomic mass is 16.3. The molecule has 12 rings (SSSR count). The van der Waals surface area contributed by atoms with Crippen molar-refractivity contribution in [3.8, 4) is 33.4 Å². The minimum absolute atomic E-state index is 0.436. The van der Waals surface area contributed by atoms with Gasteiger partial charge in [-0.3, -0.25) is 0 Å². The van der Waals surface area contributed by atoms with E-state index in [0.717, 1.165) is 21.9 Å². The van der Waals surface area contributed by atoms with Crippen LogP contribution in [0.5, 0.6) is 0 Å². The highest BCUT2D eigenvalue weighted by molar-refractivity contribution is 6.06. The average Bonchev–Trinajstić information content (AvgIpc) is 3.83. The van der Waals surface area contributed by atoms with Crippen molar-refractivity contribution >= 4 is 21.9 Å². The molecule has 0 radical (unpaired) electrons. The molecule has 51 heavy (non-hydrogen) atoms. The Morgan fingerprint density at radius 2 is 0.863 bits per heavy atom. The number of furan rings is 1. The standard InChI is InChI=1S/C50H30O/c1-2-13-33(14-3-1)49-40-19-7-5-16-35(40)38-18-12-23-44(48(38)49)50(43-22-10-9-21-42(43)49)41-20-8-4-15-34(41)36-27-25-32(30-45(36)50)31-26-28-47-39(29-31)37-17-6-11-24-46(37)51-47/h1-30H. The molecule has 9 aromatic rings. The molecule has 0 amide bonds. The zero-order chi connectivity index (χ0) is 33.3. The van der Waals surface area contributed by atoms with Gasteiger partial charge in [-0.2, -0.15) is 0 Å². The lowest BCUT2D eigenvalue weighted by Crippen LogP contribution is -2.43. The van der Waals surface area contributed by atoms with Crippen LogP contribution >= 0.6 is 0 Å². The van der Waals surface area contributed by atoms with Crippen molar-refractivity contribution in [2.75, 3.05) is 0 Å². The van der Waals surface area contributed by atoms with E-state index in [4.69, 9.17) is 4.42 Å². The summed E-state index contributed by atoms with van der Waals surface area (Å²) in [7, 11) is 0. The van der Waals surface area contributed by atoms with Crippen molar-refractivity contribution in [2.24, 2.45) is 0 Å². The number of para-hydroxylation sites is 1. The van der Waals surface area contributed by atoms with Gasteiger partial charge in [0.1, 0.15) is 11.2 Å². The van der Waals surface area contributed by atoms with Gasteiger partial charge in [0.2, 0.25) is 0 Å². The Balaban J connectivity index is 1.22. The maximum atomic E-state index is 6.23. The largest absolute Gasteiger partial charge is 0.456 e. The van der Waals surface area contributed by atoms with Crippen molar-refractivity contribution in [2.45, 2.75) is 10.8 Å². The normalized spacial score (nSPS) is 18.7. The molecular weight excluding hydrogens is 617 g/mol. The molecule has 3 aliphatic carbocycles. The van der Waals surface area contributed by atoms with Crippen LogP contribution in [0.1, 0.15) is 44.5 Å². The van der Waals surface area contributed by atoms with Crippen LogP contribution in [0.25, 0.3) is 55.3 Å². The summed E-state index contributed by atoms with van der Waals surface area (Å²) in [6.07, 6.45) is 0. The van der Waals surface area contributed by atoms with Gasteiger partial charge in [0.15, 0.2) is 0 Å². The van der Waals surface area contributed by atoms with Crippen LogP contribution in [0, 0.1) is 0 Å². The summed E-state index contributed by atoms with van der Waals surface area (Å²) in [5.41, 5.74) is 19.5. The van der Waals surface area contributed by atoms with Crippen molar-refractivity contribution < 1.29 is 4.42 Å². The number of hydrogen-bond acceptors (Lipinski definition) is 1. The fraction of sp³-hybridized carbons (Fsp3) is 0.0400. The van der Waals surface area contributed by atoms with E-state index in [0.29, 0.717) is 0 Å². The number of fused-ring (bicyclic) bond motifs is 15. The zero-order valence-electron chi connectivity index (χ0n) is 27.7. The van der Waals surface area contributed by atoms with E-state index in [1.807, 2.05) is 6.07 Å². The van der Waals surface area contributed by atoms with Crippen LogP contribution in [0.3, 0.4) is 0 Å². The molecule has 2 unspecified atom stereocenters. The quantitative estimate of drug-likeness (QED) is 0.182. The lowest BCUT2D eigenvalue weighted by Gasteiger charge is -2.48. The molecule has 1 heterocycles. The first-order valence-electron chi connectivity index (χ1n) is 17.8. The summed E-state index contributed by atoms with van der Waals surface area (Å²) in [6, 6.07) is 68.0. The van der Waals surface area contributed by atoms with E-state index in [1.54, 1.807) is 0 Å². The van der Waals surface area contributed by atoms with Gasteiger partial charge in [-0.15, -0.1) is 0 Å². The van der Waals surface area contributed by atoms with Gasteiger partial charge >= 0.3 is 0 Å². The van der Waals surface area contributed by atoms with Gasteiger partial charge in [0.05, 0.1) is 10.8 Å². The first-order chi connectivity index (χ1) is 25.3. The molecule has 0 aliphatic heterocycles. The average molecular weight is 647 g/mol. The van der Waals surface area contributed by atoms with Gasteiger partial charge < -0.3 is 4.42 Å². The molecule has 1 nitrogen and oxygen atoms in total. The molecule has 1 aromatic heterocycles. The van der Waals surface area contributed by atoms with E-state index in [9.17, 15) is 0 Å². The molecule has 0 saturated heterocycles. The lowest BCUT2D eigenvalue weighted by atomic mass is 9.52. The topological polar surface area (TPSA) is 13.1 Å². The van der Waals surface area contributed by atoms with Gasteiger partial charge in [0.25, 0.3) is 0 Å². The second-order valence-electron chi connectivity index (χ2n) is 14.3. The highest BCUT2D eigenvalue weighted by Gasteiger charge is 2.59. The third kappa shape index (κ3) is 3.19. The second kappa shape index (κ2) is 9.62. The van der Waals surface area contributed by atoms with Crippen LogP contribution in [0.2, 0.25) is 0 Å². The third-order valence-corrected chi connectivity index (χ3v) is 12.2. The molecule has 8 aromatic carbocycles. The number of benzene rings is 8. The smallest absolute Gasteiger partial charge is 0.135 e. The SMILES string of the molecule is c1ccc(C23c4ccccc4-c4cccc(c42)C2(c4ccccc4-c4ccc(-c5ccc6oc7ccccc7c6c5)cc42)c2ccccc23)cc1. The van der Waals surface area contributed by atoms with Crippen molar-refractivity contribution in [1.82, 2.24) is 0 Å². The monoisotopic (exact) mass is 646 g/mol. The van der Waals surface area contributed by atoms with Crippen LogP contribution in [0.4, 0.5) is 0 Å². The Labute approximate surface area is 296 Å². The Bertz CT molecular complexity index is 2930. The van der Waals surface area contributed by atoms with Gasteiger partial charge in [-0.25, -0.2) is 0 Å². The van der Waals surface area contributed by atoms with E-state index in [2.05, 4.69) is 176 Å². The maximum Gasteiger partial charge on any atom is 0.135 e. The van der Waals surface area contributed by atoms with Gasteiger partial charge in [0, 0.05) is 10.8 Å². The number of rotatable bonds is 2. The summed E-state index contributed by atoms with van der Waals surface area (Å²) < 4.78 is 6.23. The Hall–Kier alpha value is -6.44. The van der Waals surface area contributed by atoms with E-state index in [-0.39, 0.29) is 0 Å². The molecule has 1 spiro atoms. The third-order valence-electron chi connectivity index (χ3n) is 12.2. The molecule has 3 aliphatic rings. The molecular formula is C50H30O. The first-order valence-corrected chi connectivity index (χ1v) is 17.8. The minimum Gasteiger partial charge on any atom is -0.456 e. The first kappa shape index (κ1) is 27.4. The van der Waals surface area contributed by atoms with E-state index >= 15 is 0 Å². The van der Waals surface area contributed by atoms with Crippen LogP contribution in [-0.4, -0.2) is 0 Å². The lowest BCUT2D eigenvalue weighted by molar-refractivity contribution is 0.636. The van der Waals surface area contributed by atoms with Gasteiger partial charge in [-0.05, 0) is 102 Å². The molecule has 0 saturated carbocycles. The fourth-order valence-electron chi connectivity index (χ4n) is 10.3. The van der Waals surface area contributed by atoms with E-state index in [1.165, 1.54) is 77.9 Å². The maximum absolute atomic E-state index is 6.23. The van der Waals surface area contributed by atoms with E-state index < -0.39 is 10.8 Å². The summed E-state index contributed by atoms with van der Waals surface area (Å²) in [5, 5.41) is 2.30. The fourth-order valence-corrected chi connectivity index (χ4v) is 10.3. The summed E-state index contributed by atoms with van der Waals surface area (Å²) in [4.78, 5) is 0. The summed E-state index contributed by atoms with van der Waals surface area (Å²) in [5.74, 6) is 0. The zero-order valence-corrected chi connectivity index (χ0v) is 27.7. The van der Waals surface area contributed by atoms with Crippen molar-refractivity contribution in [1.29, 1.82) is 0 Å². The summed E-state index contributed by atoms with van der Waals surface area (Å²) in [6.45, 7) is 0. The molecule has 236 valence electrons. The Kier molecular flexibility index (Phi) is 5.17. The van der Waals surface area contributed by atoms with Gasteiger partial charge in [-0.1, -0.05) is 158 Å². The molecule has 1 heteroatoms. The molecule has 0 bridgehead atoms. The van der Waals surface area contributed by atoms with Crippen molar-refractivity contribution in [3.63, 3.8) is 0 Å². The number of hydrogen-bond donors (Lipinski definition) is 0. The molecule has 2 atom stereocenters. The Morgan fingerprint density at radius 3 is 1.69 bits per heavy atom. The summed E-state index contributed by atoms with van der Waals surface area (Å²) >= 11 is 0. The molecule has 0 fully saturated rings. The highest BCUT2D eigenvalue weighted by Crippen LogP contribution is 2.68. The Morgan fingerprint density at radius 1 is 0.314 bits per heavy atom. The van der Waals surface area contributed by atoms with Crippen LogP contribution in [0.15, 0.2) is 186 Å². The van der Waals surface area contributed by atoms with Crippen LogP contribution in [-0.2, 0) is 10.8 Å². The predicted octanol–water partition coefficient (Wildman–Crippen LogP) is 12.3. The minimum atomic E-state index is -0.503. The second-order valence-corrected chi connectivity index (χ2v) is 14.3.